The number of hydrogen-bond acceptors (Lipinski definition) is 3. The second kappa shape index (κ2) is 5.07. The Bertz CT molecular complexity index is 687. The zero-order valence-corrected chi connectivity index (χ0v) is 11.4. The van der Waals surface area contributed by atoms with Crippen molar-refractivity contribution in [3.63, 3.8) is 0 Å². The summed E-state index contributed by atoms with van der Waals surface area (Å²) >= 11 is 0. The van der Waals surface area contributed by atoms with Crippen molar-refractivity contribution in [1.29, 1.82) is 0 Å². The number of allylic oxidation sites excluding steroid dienone is 2. The van der Waals surface area contributed by atoms with E-state index in [0.29, 0.717) is 5.65 Å². The van der Waals surface area contributed by atoms with Gasteiger partial charge in [-0.05, 0) is 42.9 Å². The number of hydrogen-bond donors (Lipinski definition) is 1. The number of carboxylic acids is 1. The molecule has 0 bridgehead atoms. The van der Waals surface area contributed by atoms with E-state index >= 15 is 0 Å². The molecule has 0 aliphatic heterocycles. The lowest BCUT2D eigenvalue weighted by molar-refractivity contribution is -0.137. The van der Waals surface area contributed by atoms with Gasteiger partial charge < -0.3 is 5.11 Å². The van der Waals surface area contributed by atoms with Gasteiger partial charge >= 0.3 is 5.97 Å². The summed E-state index contributed by atoms with van der Waals surface area (Å²) in [7, 11) is 0. The van der Waals surface area contributed by atoms with Crippen LogP contribution in [0, 0.1) is 5.92 Å². The number of carboxylic acid groups (broad SMARTS) is 1. The lowest BCUT2D eigenvalue weighted by atomic mass is 9.89. The molecule has 0 radical (unpaired) electrons. The molecule has 1 aliphatic carbocycles. The summed E-state index contributed by atoms with van der Waals surface area (Å²) in [6.07, 6.45) is 7.21. The number of nitrogens with zero attached hydrogens (tertiary/aromatic N) is 3. The molecule has 2 heterocycles. The highest BCUT2D eigenvalue weighted by Crippen LogP contribution is 2.29. The molecule has 5 heteroatoms. The molecule has 1 aliphatic rings. The van der Waals surface area contributed by atoms with Gasteiger partial charge in [0.2, 0.25) is 0 Å². The minimum atomic E-state index is -0.909. The maximum Gasteiger partial charge on any atom is 0.325 e. The van der Waals surface area contributed by atoms with Crippen molar-refractivity contribution >= 4 is 22.6 Å². The molecule has 20 heavy (non-hydrogen) atoms. The second-order valence-corrected chi connectivity index (χ2v) is 5.41. The molecular weight excluding hydrogens is 254 g/mol. The largest absolute Gasteiger partial charge is 0.480 e. The van der Waals surface area contributed by atoms with Crippen LogP contribution in [-0.2, 0) is 11.3 Å². The predicted molar refractivity (Wildman–Crippen MR) is 76.2 cm³/mol. The van der Waals surface area contributed by atoms with Crippen molar-refractivity contribution in [3.05, 3.63) is 30.1 Å². The first-order valence-corrected chi connectivity index (χ1v) is 6.87. The molecule has 0 saturated heterocycles. The Labute approximate surface area is 116 Å². The monoisotopic (exact) mass is 271 g/mol. The Hall–Kier alpha value is -2.17. The Morgan fingerprint density at radius 2 is 2.35 bits per heavy atom. The van der Waals surface area contributed by atoms with E-state index in [0.717, 1.165) is 29.8 Å². The van der Waals surface area contributed by atoms with Gasteiger partial charge in [-0.25, -0.2) is 9.67 Å². The number of pyridine rings is 1. The normalized spacial score (nSPS) is 19.1. The molecule has 0 spiro atoms. The van der Waals surface area contributed by atoms with Gasteiger partial charge in [0.15, 0.2) is 5.65 Å². The van der Waals surface area contributed by atoms with E-state index in [-0.39, 0.29) is 6.54 Å². The number of rotatable bonds is 3. The van der Waals surface area contributed by atoms with E-state index in [1.807, 2.05) is 12.1 Å². The maximum atomic E-state index is 10.8. The van der Waals surface area contributed by atoms with E-state index in [1.165, 1.54) is 16.7 Å². The fourth-order valence-electron chi connectivity index (χ4n) is 2.57. The molecule has 1 unspecified atom stereocenters. The highest BCUT2D eigenvalue weighted by molar-refractivity contribution is 5.79. The molecule has 0 saturated carbocycles. The highest BCUT2D eigenvalue weighted by Gasteiger charge is 2.14. The molecular formula is C15H17N3O2. The third-order valence-electron chi connectivity index (χ3n) is 3.77. The Kier molecular flexibility index (Phi) is 3.26. The van der Waals surface area contributed by atoms with Gasteiger partial charge in [0.05, 0.1) is 11.9 Å². The highest BCUT2D eigenvalue weighted by atomic mass is 16.4. The van der Waals surface area contributed by atoms with Crippen molar-refractivity contribution in [3.8, 4) is 0 Å². The van der Waals surface area contributed by atoms with Crippen LogP contribution in [0.1, 0.15) is 31.9 Å². The maximum absolute atomic E-state index is 10.8. The first-order valence-electron chi connectivity index (χ1n) is 6.87. The van der Waals surface area contributed by atoms with Crippen LogP contribution in [0.25, 0.3) is 16.6 Å². The summed E-state index contributed by atoms with van der Waals surface area (Å²) in [5.74, 6) is -0.173. The smallest absolute Gasteiger partial charge is 0.325 e. The predicted octanol–water partition coefficient (Wildman–Crippen LogP) is 2.72. The Balaban J connectivity index is 1.99. The fraction of sp³-hybridized carbons (Fsp3) is 0.400. The molecule has 104 valence electrons. The van der Waals surface area contributed by atoms with Crippen LogP contribution in [0.4, 0.5) is 0 Å². The summed E-state index contributed by atoms with van der Waals surface area (Å²) in [6, 6.07) is 3.96. The van der Waals surface area contributed by atoms with Gasteiger partial charge in [-0.2, -0.15) is 5.10 Å². The van der Waals surface area contributed by atoms with Crippen molar-refractivity contribution < 1.29 is 9.90 Å². The van der Waals surface area contributed by atoms with E-state index < -0.39 is 5.97 Å². The average molecular weight is 271 g/mol. The molecule has 0 fully saturated rings. The van der Waals surface area contributed by atoms with Crippen LogP contribution in [-0.4, -0.2) is 25.8 Å². The molecule has 3 rings (SSSR count). The van der Waals surface area contributed by atoms with Crippen molar-refractivity contribution in [2.75, 3.05) is 0 Å². The molecule has 0 amide bonds. The van der Waals surface area contributed by atoms with Crippen molar-refractivity contribution in [2.24, 2.45) is 5.92 Å². The van der Waals surface area contributed by atoms with Gasteiger partial charge in [0.25, 0.3) is 0 Å². The van der Waals surface area contributed by atoms with Crippen LogP contribution in [0.2, 0.25) is 0 Å². The zero-order chi connectivity index (χ0) is 14.1. The Morgan fingerprint density at radius 1 is 1.50 bits per heavy atom. The molecule has 1 N–H and O–H groups in total. The summed E-state index contributed by atoms with van der Waals surface area (Å²) < 4.78 is 1.44. The van der Waals surface area contributed by atoms with Crippen molar-refractivity contribution in [2.45, 2.75) is 32.7 Å². The standard InChI is InChI=1S/C15H17N3O2/c1-10-2-4-11(5-3-10)13-7-6-12-8-16-18(9-14(19)20)15(12)17-13/h4,6-8,10H,2-3,5,9H2,1H3,(H,19,20). The third kappa shape index (κ3) is 2.43. The summed E-state index contributed by atoms with van der Waals surface area (Å²) in [5, 5.41) is 13.9. The lowest BCUT2D eigenvalue weighted by Crippen LogP contribution is -2.11. The van der Waals surface area contributed by atoms with Gasteiger partial charge in [-0.1, -0.05) is 13.0 Å². The summed E-state index contributed by atoms with van der Waals surface area (Å²) in [6.45, 7) is 2.10. The molecule has 5 nitrogen and oxygen atoms in total. The average Bonchev–Trinajstić information content (AvgIpc) is 2.81. The molecule has 1 atom stereocenters. The third-order valence-corrected chi connectivity index (χ3v) is 3.77. The second-order valence-electron chi connectivity index (χ2n) is 5.41. The minimum absolute atomic E-state index is 0.157. The first-order chi connectivity index (χ1) is 9.63. The molecule has 2 aromatic heterocycles. The van der Waals surface area contributed by atoms with Gasteiger partial charge in [-0.3, -0.25) is 4.79 Å². The van der Waals surface area contributed by atoms with Crippen LogP contribution in [0.5, 0.6) is 0 Å². The minimum Gasteiger partial charge on any atom is -0.480 e. The number of carbonyl (C=O) groups is 1. The van der Waals surface area contributed by atoms with Crippen LogP contribution < -0.4 is 0 Å². The SMILES string of the molecule is CC1CC=C(c2ccc3cnn(CC(=O)O)c3n2)CC1. The number of aromatic nitrogens is 3. The molecule has 2 aromatic rings. The van der Waals surface area contributed by atoms with E-state index in [2.05, 4.69) is 23.1 Å². The van der Waals surface area contributed by atoms with E-state index in [1.54, 1.807) is 6.20 Å². The topological polar surface area (TPSA) is 68.0 Å². The quantitative estimate of drug-likeness (QED) is 0.932. The summed E-state index contributed by atoms with van der Waals surface area (Å²) in [4.78, 5) is 15.4. The lowest BCUT2D eigenvalue weighted by Gasteiger charge is -2.17. The van der Waals surface area contributed by atoms with Gasteiger partial charge in [-0.15, -0.1) is 0 Å². The summed E-state index contributed by atoms with van der Waals surface area (Å²) in [5.41, 5.74) is 2.84. The van der Waals surface area contributed by atoms with Crippen LogP contribution in [0.3, 0.4) is 0 Å². The van der Waals surface area contributed by atoms with Crippen LogP contribution in [0.15, 0.2) is 24.4 Å². The molecule has 0 aromatic carbocycles. The first kappa shape index (κ1) is 12.8. The Morgan fingerprint density at radius 3 is 3.05 bits per heavy atom. The van der Waals surface area contributed by atoms with Gasteiger partial charge in [0.1, 0.15) is 6.54 Å². The number of aliphatic carboxylic acids is 1. The van der Waals surface area contributed by atoms with Crippen molar-refractivity contribution in [1.82, 2.24) is 14.8 Å². The zero-order valence-electron chi connectivity index (χ0n) is 11.4. The van der Waals surface area contributed by atoms with Crippen LogP contribution >= 0.6 is 0 Å². The van der Waals surface area contributed by atoms with Gasteiger partial charge in [0, 0.05) is 5.39 Å². The number of fused-ring (bicyclic) bond motifs is 1. The van der Waals surface area contributed by atoms with E-state index in [4.69, 9.17) is 5.11 Å². The fourth-order valence-corrected chi connectivity index (χ4v) is 2.57. The van der Waals surface area contributed by atoms with E-state index in [9.17, 15) is 4.79 Å².